The first-order valence-corrected chi connectivity index (χ1v) is 7.33. The quantitative estimate of drug-likeness (QED) is 0.807. The van der Waals surface area contributed by atoms with Crippen molar-refractivity contribution in [1.29, 1.82) is 0 Å². The van der Waals surface area contributed by atoms with Gasteiger partial charge in [-0.1, -0.05) is 12.1 Å². The fourth-order valence-corrected chi connectivity index (χ4v) is 2.59. The van der Waals surface area contributed by atoms with E-state index in [4.69, 9.17) is 0 Å². The molecule has 4 rings (SSSR count). The van der Waals surface area contributed by atoms with Crippen LogP contribution in [0.25, 0.3) is 5.69 Å². The van der Waals surface area contributed by atoms with Crippen molar-refractivity contribution in [2.45, 2.75) is 12.8 Å². The SMILES string of the molecule is OC1c2ncccc2N=CN1Cc1ccc(-n2cccn2)cc1. The number of rotatable bonds is 3. The lowest BCUT2D eigenvalue weighted by Crippen LogP contribution is -2.29. The molecule has 0 amide bonds. The molecule has 0 aliphatic carbocycles. The Kier molecular flexibility index (Phi) is 3.36. The second-order valence-electron chi connectivity index (χ2n) is 5.32. The molecule has 0 spiro atoms. The van der Waals surface area contributed by atoms with E-state index >= 15 is 0 Å². The number of nitrogens with zero attached hydrogens (tertiary/aromatic N) is 5. The van der Waals surface area contributed by atoms with Crippen LogP contribution in [0.4, 0.5) is 5.69 Å². The number of aliphatic hydroxyl groups is 1. The van der Waals surface area contributed by atoms with Gasteiger partial charge in [-0.3, -0.25) is 4.98 Å². The molecule has 3 heterocycles. The van der Waals surface area contributed by atoms with Gasteiger partial charge >= 0.3 is 0 Å². The molecule has 1 atom stereocenters. The highest BCUT2D eigenvalue weighted by atomic mass is 16.3. The van der Waals surface area contributed by atoms with E-state index in [1.54, 1.807) is 28.3 Å². The topological polar surface area (TPSA) is 66.5 Å². The lowest BCUT2D eigenvalue weighted by Gasteiger charge is -2.29. The van der Waals surface area contributed by atoms with Gasteiger partial charge < -0.3 is 10.0 Å². The van der Waals surface area contributed by atoms with Gasteiger partial charge in [0.15, 0.2) is 6.23 Å². The van der Waals surface area contributed by atoms with Gasteiger partial charge in [0.05, 0.1) is 17.7 Å². The minimum absolute atomic E-state index is 0.556. The molecule has 6 nitrogen and oxygen atoms in total. The van der Waals surface area contributed by atoms with Crippen LogP contribution in [0.2, 0.25) is 0 Å². The summed E-state index contributed by atoms with van der Waals surface area (Å²) < 4.78 is 1.81. The molecule has 1 aliphatic heterocycles. The number of hydrogen-bond acceptors (Lipinski definition) is 5. The fourth-order valence-electron chi connectivity index (χ4n) is 2.59. The van der Waals surface area contributed by atoms with E-state index in [-0.39, 0.29) is 0 Å². The molecule has 1 unspecified atom stereocenters. The van der Waals surface area contributed by atoms with Crippen molar-refractivity contribution in [2.24, 2.45) is 4.99 Å². The molecule has 0 radical (unpaired) electrons. The van der Waals surface area contributed by atoms with Crippen LogP contribution >= 0.6 is 0 Å². The molecule has 1 aromatic carbocycles. The van der Waals surface area contributed by atoms with Crippen molar-refractivity contribution in [2.75, 3.05) is 0 Å². The Labute approximate surface area is 133 Å². The second-order valence-corrected chi connectivity index (χ2v) is 5.32. The van der Waals surface area contributed by atoms with E-state index in [1.807, 2.05) is 48.7 Å². The third-order valence-electron chi connectivity index (χ3n) is 3.79. The highest BCUT2D eigenvalue weighted by Crippen LogP contribution is 2.29. The molecule has 2 aromatic heterocycles. The lowest BCUT2D eigenvalue weighted by atomic mass is 10.1. The van der Waals surface area contributed by atoms with Crippen LogP contribution < -0.4 is 0 Å². The number of hydrogen-bond donors (Lipinski definition) is 1. The van der Waals surface area contributed by atoms with Gasteiger partial charge in [0.2, 0.25) is 0 Å². The predicted octanol–water partition coefficient (Wildman–Crippen LogP) is 2.43. The van der Waals surface area contributed by atoms with Crippen molar-refractivity contribution in [3.63, 3.8) is 0 Å². The van der Waals surface area contributed by atoms with E-state index in [0.717, 1.165) is 11.3 Å². The summed E-state index contributed by atoms with van der Waals surface area (Å²) in [5.74, 6) is 0. The number of aliphatic imine (C=N–C) groups is 1. The molecule has 6 heteroatoms. The zero-order valence-corrected chi connectivity index (χ0v) is 12.3. The zero-order chi connectivity index (χ0) is 15.6. The average molecular weight is 305 g/mol. The second kappa shape index (κ2) is 5.66. The number of pyridine rings is 1. The van der Waals surface area contributed by atoms with Gasteiger partial charge in [-0.05, 0) is 35.9 Å². The van der Waals surface area contributed by atoms with Crippen LogP contribution in [-0.4, -0.2) is 31.1 Å². The monoisotopic (exact) mass is 305 g/mol. The molecule has 114 valence electrons. The minimum atomic E-state index is -0.783. The van der Waals surface area contributed by atoms with Crippen LogP contribution in [0, 0.1) is 0 Å². The smallest absolute Gasteiger partial charge is 0.173 e. The van der Waals surface area contributed by atoms with Crippen molar-refractivity contribution in [3.8, 4) is 5.69 Å². The van der Waals surface area contributed by atoms with Crippen LogP contribution in [0.3, 0.4) is 0 Å². The lowest BCUT2D eigenvalue weighted by molar-refractivity contribution is 0.0458. The van der Waals surface area contributed by atoms with Gasteiger partial charge in [-0.2, -0.15) is 5.10 Å². The maximum Gasteiger partial charge on any atom is 0.173 e. The summed E-state index contributed by atoms with van der Waals surface area (Å²) >= 11 is 0. The summed E-state index contributed by atoms with van der Waals surface area (Å²) in [5, 5.41) is 14.7. The van der Waals surface area contributed by atoms with Gasteiger partial charge in [-0.15, -0.1) is 0 Å². The molecule has 3 aromatic rings. The number of aliphatic hydroxyl groups excluding tert-OH is 1. The summed E-state index contributed by atoms with van der Waals surface area (Å²) in [6, 6.07) is 13.6. The molecular weight excluding hydrogens is 290 g/mol. The standard InChI is InChI=1S/C17H15N5O/c23-17-16-15(3-1-8-18-16)19-12-21(17)11-13-4-6-14(7-5-13)22-10-2-9-20-22/h1-10,12,17,23H,11H2. The molecule has 0 fully saturated rings. The zero-order valence-electron chi connectivity index (χ0n) is 12.3. The van der Waals surface area contributed by atoms with Crippen molar-refractivity contribution >= 4 is 12.0 Å². The van der Waals surface area contributed by atoms with Crippen LogP contribution in [0.15, 0.2) is 66.0 Å². The molecule has 0 saturated carbocycles. The molecular formula is C17H15N5O. The van der Waals surface area contributed by atoms with E-state index in [2.05, 4.69) is 15.1 Å². The Morgan fingerprint density at radius 3 is 2.70 bits per heavy atom. The molecule has 0 bridgehead atoms. The third-order valence-corrected chi connectivity index (χ3v) is 3.79. The molecule has 1 N–H and O–H groups in total. The first kappa shape index (κ1) is 13.7. The maximum atomic E-state index is 10.4. The maximum absolute atomic E-state index is 10.4. The number of fused-ring (bicyclic) bond motifs is 1. The summed E-state index contributed by atoms with van der Waals surface area (Å²) in [5.41, 5.74) is 3.37. The van der Waals surface area contributed by atoms with E-state index < -0.39 is 6.23 Å². The first-order valence-electron chi connectivity index (χ1n) is 7.33. The number of aromatic nitrogens is 3. The van der Waals surface area contributed by atoms with Crippen LogP contribution in [-0.2, 0) is 6.54 Å². The normalized spacial score (nSPS) is 16.4. The number of benzene rings is 1. The summed E-state index contributed by atoms with van der Waals surface area (Å²) in [7, 11) is 0. The van der Waals surface area contributed by atoms with Crippen LogP contribution in [0.5, 0.6) is 0 Å². The Bertz CT molecular complexity index is 826. The first-order chi connectivity index (χ1) is 11.3. The highest BCUT2D eigenvalue weighted by Gasteiger charge is 2.23. The third kappa shape index (κ3) is 2.60. The predicted molar refractivity (Wildman–Crippen MR) is 86.5 cm³/mol. The average Bonchev–Trinajstić information content (AvgIpc) is 3.13. The van der Waals surface area contributed by atoms with Gasteiger partial charge in [0, 0.05) is 25.1 Å². The molecule has 1 aliphatic rings. The largest absolute Gasteiger partial charge is 0.368 e. The van der Waals surface area contributed by atoms with Crippen molar-refractivity contribution in [3.05, 3.63) is 72.3 Å². The van der Waals surface area contributed by atoms with Crippen molar-refractivity contribution in [1.82, 2.24) is 19.7 Å². The van der Waals surface area contributed by atoms with Gasteiger partial charge in [0.25, 0.3) is 0 Å². The van der Waals surface area contributed by atoms with Gasteiger partial charge in [0.1, 0.15) is 5.69 Å². The van der Waals surface area contributed by atoms with Crippen molar-refractivity contribution < 1.29 is 5.11 Å². The van der Waals surface area contributed by atoms with E-state index in [9.17, 15) is 5.11 Å². The molecule has 0 saturated heterocycles. The Balaban J connectivity index is 1.53. The summed E-state index contributed by atoms with van der Waals surface area (Å²) in [4.78, 5) is 10.3. The van der Waals surface area contributed by atoms with E-state index in [0.29, 0.717) is 17.9 Å². The fraction of sp³-hybridized carbons (Fsp3) is 0.118. The Hall–Kier alpha value is -2.99. The van der Waals surface area contributed by atoms with Crippen LogP contribution in [0.1, 0.15) is 17.5 Å². The highest BCUT2D eigenvalue weighted by molar-refractivity contribution is 5.66. The minimum Gasteiger partial charge on any atom is -0.368 e. The molecule has 23 heavy (non-hydrogen) atoms. The Morgan fingerprint density at radius 1 is 1.04 bits per heavy atom. The van der Waals surface area contributed by atoms with E-state index in [1.165, 1.54) is 0 Å². The Morgan fingerprint density at radius 2 is 1.91 bits per heavy atom. The summed E-state index contributed by atoms with van der Waals surface area (Å²) in [6.45, 7) is 0.556. The van der Waals surface area contributed by atoms with Gasteiger partial charge in [-0.25, -0.2) is 9.67 Å². The summed E-state index contributed by atoms with van der Waals surface area (Å²) in [6.07, 6.45) is 6.20.